The van der Waals surface area contributed by atoms with E-state index in [1.807, 2.05) is 12.4 Å². The highest BCUT2D eigenvalue weighted by Gasteiger charge is 2.31. The van der Waals surface area contributed by atoms with E-state index in [0.29, 0.717) is 12.3 Å². The lowest BCUT2D eigenvalue weighted by Gasteiger charge is -2.27. The van der Waals surface area contributed by atoms with Crippen LogP contribution >= 0.6 is 0 Å². The average molecular weight is 388 g/mol. The number of rotatable bonds is 5. The Balaban J connectivity index is 1.40. The average Bonchev–Trinajstić information content (AvgIpc) is 3.52. The van der Waals surface area contributed by atoms with Crippen molar-refractivity contribution in [2.24, 2.45) is 5.92 Å². The van der Waals surface area contributed by atoms with Gasteiger partial charge in [0.25, 0.3) is 0 Å². The van der Waals surface area contributed by atoms with Crippen molar-refractivity contribution in [2.75, 3.05) is 6.54 Å². The molecule has 1 saturated heterocycles. The summed E-state index contributed by atoms with van der Waals surface area (Å²) in [4.78, 5) is 19.9. The van der Waals surface area contributed by atoms with Gasteiger partial charge in [0.05, 0.1) is 17.4 Å². The fourth-order valence-electron chi connectivity index (χ4n) is 5.25. The lowest BCUT2D eigenvalue weighted by molar-refractivity contribution is -0.133. The predicted octanol–water partition coefficient (Wildman–Crippen LogP) is 5.79. The van der Waals surface area contributed by atoms with E-state index in [1.165, 1.54) is 31.2 Å². The van der Waals surface area contributed by atoms with Crippen molar-refractivity contribution in [1.29, 1.82) is 0 Å². The highest BCUT2D eigenvalue weighted by atomic mass is 16.2. The molecule has 0 bridgehead atoms. The number of amides is 1. The fourth-order valence-corrected chi connectivity index (χ4v) is 5.25. The van der Waals surface area contributed by atoms with Crippen molar-refractivity contribution in [1.82, 2.24) is 14.5 Å². The van der Waals surface area contributed by atoms with Crippen LogP contribution < -0.4 is 0 Å². The van der Waals surface area contributed by atoms with E-state index >= 15 is 0 Å². The second-order valence-corrected chi connectivity index (χ2v) is 8.59. The number of likely N-dealkylation sites (tertiary alicyclic amines) is 1. The van der Waals surface area contributed by atoms with E-state index in [0.717, 1.165) is 48.3 Å². The van der Waals surface area contributed by atoms with Gasteiger partial charge in [0.1, 0.15) is 6.17 Å². The minimum absolute atomic E-state index is 0.0992. The lowest BCUT2D eigenvalue weighted by Crippen LogP contribution is -2.33. The van der Waals surface area contributed by atoms with Crippen molar-refractivity contribution in [3.63, 3.8) is 0 Å². The monoisotopic (exact) mass is 387 g/mol. The van der Waals surface area contributed by atoms with Gasteiger partial charge in [-0.1, -0.05) is 68.1 Å². The number of fused-ring (bicyclic) bond motifs is 1. The van der Waals surface area contributed by atoms with Crippen molar-refractivity contribution in [2.45, 2.75) is 57.5 Å². The van der Waals surface area contributed by atoms with Gasteiger partial charge in [-0.05, 0) is 36.8 Å². The summed E-state index contributed by atoms with van der Waals surface area (Å²) in [6, 6.07) is 16.8. The Bertz CT molecular complexity index is 988. The number of hydrogen-bond donors (Lipinski definition) is 0. The van der Waals surface area contributed by atoms with Gasteiger partial charge in [0.2, 0.25) is 5.91 Å². The van der Waals surface area contributed by atoms with Crippen LogP contribution in [0.4, 0.5) is 0 Å². The molecule has 0 N–H and O–H groups in total. The quantitative estimate of drug-likeness (QED) is 0.555. The van der Waals surface area contributed by atoms with Crippen molar-refractivity contribution < 1.29 is 4.79 Å². The molecule has 1 saturated carbocycles. The Morgan fingerprint density at radius 2 is 1.79 bits per heavy atom. The smallest absolute Gasteiger partial charge is 0.224 e. The van der Waals surface area contributed by atoms with E-state index in [1.54, 1.807) is 0 Å². The molecule has 150 valence electrons. The van der Waals surface area contributed by atoms with E-state index in [4.69, 9.17) is 4.98 Å². The van der Waals surface area contributed by atoms with Gasteiger partial charge in [0, 0.05) is 18.5 Å². The highest BCUT2D eigenvalue weighted by Crippen LogP contribution is 2.35. The van der Waals surface area contributed by atoms with Crippen LogP contribution in [0.2, 0.25) is 0 Å². The number of benzene rings is 2. The third kappa shape index (κ3) is 3.57. The zero-order valence-electron chi connectivity index (χ0n) is 17.0. The Labute approximate surface area is 172 Å². The molecule has 5 rings (SSSR count). The predicted molar refractivity (Wildman–Crippen MR) is 116 cm³/mol. The molecule has 0 spiro atoms. The molecule has 4 nitrogen and oxygen atoms in total. The van der Waals surface area contributed by atoms with Gasteiger partial charge in [0.15, 0.2) is 0 Å². The molecular weight excluding hydrogens is 358 g/mol. The van der Waals surface area contributed by atoms with Crippen LogP contribution in [0.1, 0.15) is 57.5 Å². The maximum atomic E-state index is 13.0. The summed E-state index contributed by atoms with van der Waals surface area (Å²) in [6.07, 6.45) is 11.2. The van der Waals surface area contributed by atoms with Crippen LogP contribution in [0.5, 0.6) is 0 Å². The lowest BCUT2D eigenvalue weighted by atomic mass is 10.0. The molecule has 2 aromatic carbocycles. The molecule has 4 heteroatoms. The number of imidazole rings is 1. The van der Waals surface area contributed by atoms with Crippen molar-refractivity contribution in [3.8, 4) is 11.1 Å². The minimum atomic E-state index is 0.0992. The third-order valence-electron chi connectivity index (χ3n) is 6.79. The summed E-state index contributed by atoms with van der Waals surface area (Å²) in [5.74, 6) is 1.09. The van der Waals surface area contributed by atoms with Crippen LogP contribution in [0, 0.1) is 5.92 Å². The Hall–Kier alpha value is -2.62. The number of aromatic nitrogens is 2. The fraction of sp³-hybridized carbons (Fsp3) is 0.440. The second kappa shape index (κ2) is 8.02. The SMILES string of the molecule is O=C(CCC1CCCC1)N1CCC[C@H]1n1cnc2c(-c3ccccc3)cccc21. The molecule has 0 unspecified atom stereocenters. The van der Waals surface area contributed by atoms with Gasteiger partial charge < -0.3 is 9.47 Å². The largest absolute Gasteiger partial charge is 0.322 e. The maximum absolute atomic E-state index is 13.0. The number of para-hydroxylation sites is 1. The second-order valence-electron chi connectivity index (χ2n) is 8.59. The number of nitrogens with zero attached hydrogens (tertiary/aromatic N) is 3. The topological polar surface area (TPSA) is 38.1 Å². The normalized spacial score (nSPS) is 20.0. The van der Waals surface area contributed by atoms with Gasteiger partial charge in [-0.2, -0.15) is 0 Å². The summed E-state index contributed by atoms with van der Waals surface area (Å²) in [5.41, 5.74) is 4.47. The van der Waals surface area contributed by atoms with E-state index in [2.05, 4.69) is 51.9 Å². The van der Waals surface area contributed by atoms with Gasteiger partial charge in [-0.25, -0.2) is 4.98 Å². The van der Waals surface area contributed by atoms with Crippen LogP contribution in [0.3, 0.4) is 0 Å². The Morgan fingerprint density at radius 3 is 2.62 bits per heavy atom. The third-order valence-corrected chi connectivity index (χ3v) is 6.79. The molecule has 2 fully saturated rings. The molecule has 2 heterocycles. The first-order valence-corrected chi connectivity index (χ1v) is 11.1. The number of carbonyl (C=O) groups excluding carboxylic acids is 1. The summed E-state index contributed by atoms with van der Waals surface area (Å²) in [6.45, 7) is 0.867. The Kier molecular flexibility index (Phi) is 5.09. The first-order chi connectivity index (χ1) is 14.3. The van der Waals surface area contributed by atoms with Gasteiger partial charge in [-0.3, -0.25) is 4.79 Å². The summed E-state index contributed by atoms with van der Waals surface area (Å²) < 4.78 is 2.22. The molecule has 1 atom stereocenters. The maximum Gasteiger partial charge on any atom is 0.224 e. The van der Waals surface area contributed by atoms with Crippen LogP contribution in [-0.2, 0) is 4.79 Å². The molecule has 1 amide bonds. The molecule has 1 aliphatic heterocycles. The number of carbonyl (C=O) groups is 1. The summed E-state index contributed by atoms with van der Waals surface area (Å²) in [7, 11) is 0. The van der Waals surface area contributed by atoms with E-state index in [-0.39, 0.29) is 6.17 Å². The minimum Gasteiger partial charge on any atom is -0.322 e. The molecule has 29 heavy (non-hydrogen) atoms. The van der Waals surface area contributed by atoms with Crippen molar-refractivity contribution >= 4 is 16.9 Å². The van der Waals surface area contributed by atoms with Gasteiger partial charge in [-0.15, -0.1) is 0 Å². The van der Waals surface area contributed by atoms with Crippen molar-refractivity contribution in [3.05, 3.63) is 54.9 Å². The first-order valence-electron chi connectivity index (χ1n) is 11.1. The number of hydrogen-bond acceptors (Lipinski definition) is 2. The Morgan fingerprint density at radius 1 is 0.966 bits per heavy atom. The zero-order chi connectivity index (χ0) is 19.6. The zero-order valence-corrected chi connectivity index (χ0v) is 17.0. The van der Waals surface area contributed by atoms with Crippen LogP contribution in [0.25, 0.3) is 22.2 Å². The highest BCUT2D eigenvalue weighted by molar-refractivity contribution is 5.92. The van der Waals surface area contributed by atoms with Gasteiger partial charge >= 0.3 is 0 Å². The summed E-state index contributed by atoms with van der Waals surface area (Å²) in [5, 5.41) is 0. The molecular formula is C25H29N3O. The standard InChI is InChI=1S/C25H29N3O/c29-24(16-15-19-8-4-5-9-19)27-17-7-14-23(27)28-18-26-25-21(12-6-13-22(25)28)20-10-2-1-3-11-20/h1-3,6,10-13,18-19,23H,4-5,7-9,14-17H2/t23-/m1/s1. The first kappa shape index (κ1) is 18.4. The molecule has 1 aliphatic carbocycles. The molecule has 3 aromatic rings. The van der Waals surface area contributed by atoms with Crippen LogP contribution in [0.15, 0.2) is 54.9 Å². The van der Waals surface area contributed by atoms with E-state index < -0.39 is 0 Å². The molecule has 1 aromatic heterocycles. The molecule has 2 aliphatic rings. The van der Waals surface area contributed by atoms with E-state index in [9.17, 15) is 4.79 Å². The van der Waals surface area contributed by atoms with Crippen LogP contribution in [-0.4, -0.2) is 26.9 Å². The summed E-state index contributed by atoms with van der Waals surface area (Å²) >= 11 is 0. The molecule has 0 radical (unpaired) electrons.